The van der Waals surface area contributed by atoms with Crippen LogP contribution in [0.4, 0.5) is 0 Å². The number of likely N-dealkylation sites (N-methyl/N-ethyl adjacent to an activating group) is 1. The molecule has 2 unspecified atom stereocenters. The second-order valence-corrected chi connectivity index (χ2v) is 6.52. The number of hydrogen-bond acceptors (Lipinski definition) is 4. The summed E-state index contributed by atoms with van der Waals surface area (Å²) in [6.45, 7) is 5.43. The predicted octanol–water partition coefficient (Wildman–Crippen LogP) is 3.13. The van der Waals surface area contributed by atoms with Gasteiger partial charge in [-0.3, -0.25) is 0 Å². The monoisotopic (exact) mass is 268 g/mol. The molecule has 1 aliphatic rings. The molecule has 2 rings (SSSR count). The van der Waals surface area contributed by atoms with E-state index in [1.165, 1.54) is 34.8 Å². The maximum absolute atomic E-state index is 5.60. The van der Waals surface area contributed by atoms with Crippen molar-refractivity contribution in [1.82, 2.24) is 10.3 Å². The number of hydrogen-bond donors (Lipinski definition) is 1. The van der Waals surface area contributed by atoms with Crippen LogP contribution in [0.5, 0.6) is 0 Å². The van der Waals surface area contributed by atoms with E-state index < -0.39 is 0 Å². The van der Waals surface area contributed by atoms with E-state index in [0.29, 0.717) is 11.8 Å². The first kappa shape index (κ1) is 14.0. The van der Waals surface area contributed by atoms with Gasteiger partial charge in [-0.05, 0) is 32.2 Å². The van der Waals surface area contributed by atoms with E-state index in [0.717, 1.165) is 6.54 Å². The van der Waals surface area contributed by atoms with Crippen molar-refractivity contribution in [2.75, 3.05) is 20.7 Å². The van der Waals surface area contributed by atoms with Crippen molar-refractivity contribution in [2.45, 2.75) is 45.1 Å². The zero-order valence-electron chi connectivity index (χ0n) is 11.8. The Labute approximate surface area is 114 Å². The summed E-state index contributed by atoms with van der Waals surface area (Å²) in [5, 5.41) is 4.45. The smallest absolute Gasteiger partial charge is 0.122 e. The molecule has 18 heavy (non-hydrogen) atoms. The third-order valence-corrected chi connectivity index (χ3v) is 4.83. The topological polar surface area (TPSA) is 34.1 Å². The van der Waals surface area contributed by atoms with Crippen LogP contribution in [0.15, 0.2) is 0 Å². The Morgan fingerprint density at radius 1 is 1.50 bits per heavy atom. The van der Waals surface area contributed by atoms with Crippen LogP contribution < -0.4 is 5.32 Å². The van der Waals surface area contributed by atoms with Gasteiger partial charge in [0.25, 0.3) is 0 Å². The molecule has 1 aliphatic carbocycles. The molecule has 0 spiro atoms. The molecule has 3 nitrogen and oxygen atoms in total. The number of methoxy groups -OCH3 is 1. The number of rotatable bonds is 5. The number of ether oxygens (including phenoxy) is 1. The average molecular weight is 268 g/mol. The summed E-state index contributed by atoms with van der Waals surface area (Å²) < 4.78 is 5.60. The quantitative estimate of drug-likeness (QED) is 0.891. The van der Waals surface area contributed by atoms with Crippen LogP contribution in [0.25, 0.3) is 0 Å². The molecule has 2 atom stereocenters. The van der Waals surface area contributed by atoms with Crippen LogP contribution in [0.1, 0.15) is 54.3 Å². The van der Waals surface area contributed by atoms with Gasteiger partial charge in [-0.15, -0.1) is 11.3 Å². The lowest BCUT2D eigenvalue weighted by Crippen LogP contribution is -2.21. The largest absolute Gasteiger partial charge is 0.374 e. The molecule has 102 valence electrons. The molecular formula is C14H24N2OS. The van der Waals surface area contributed by atoms with E-state index >= 15 is 0 Å². The second-order valence-electron chi connectivity index (χ2n) is 5.41. The predicted molar refractivity (Wildman–Crippen MR) is 76.3 cm³/mol. The lowest BCUT2D eigenvalue weighted by Gasteiger charge is -2.20. The third kappa shape index (κ3) is 2.76. The molecule has 1 aromatic rings. The fourth-order valence-electron chi connectivity index (χ4n) is 2.75. The van der Waals surface area contributed by atoms with Crippen molar-refractivity contribution >= 4 is 11.3 Å². The van der Waals surface area contributed by atoms with Gasteiger partial charge >= 0.3 is 0 Å². The molecule has 0 radical (unpaired) electrons. The summed E-state index contributed by atoms with van der Waals surface area (Å²) in [6.07, 6.45) is 3.90. The first-order chi connectivity index (χ1) is 8.67. The summed E-state index contributed by atoms with van der Waals surface area (Å²) in [7, 11) is 3.81. The van der Waals surface area contributed by atoms with E-state index in [2.05, 4.69) is 19.2 Å². The van der Waals surface area contributed by atoms with Gasteiger partial charge < -0.3 is 10.1 Å². The number of aryl methyl sites for hydroxylation is 1. The molecule has 0 aromatic carbocycles. The highest BCUT2D eigenvalue weighted by Crippen LogP contribution is 2.38. The second kappa shape index (κ2) is 6.13. The van der Waals surface area contributed by atoms with Crippen molar-refractivity contribution in [3.05, 3.63) is 15.6 Å². The minimum absolute atomic E-state index is 0.149. The van der Waals surface area contributed by atoms with Gasteiger partial charge in [-0.25, -0.2) is 4.98 Å². The normalized spacial score (nSPS) is 21.1. The highest BCUT2D eigenvalue weighted by atomic mass is 32.1. The standard InChI is InChI=1S/C14H24N2OS/c1-9(2)13(17-4)14-16-12-10(8-15-3)6-5-7-11(12)18-14/h9-10,13,15H,5-8H2,1-4H3. The van der Waals surface area contributed by atoms with Gasteiger partial charge in [0, 0.05) is 24.4 Å². The Bertz CT molecular complexity index is 389. The SMILES string of the molecule is CNCC1CCCc2sc(C(OC)C(C)C)nc21. The van der Waals surface area contributed by atoms with Crippen molar-refractivity contribution in [3.63, 3.8) is 0 Å². The van der Waals surface area contributed by atoms with Crippen molar-refractivity contribution < 1.29 is 4.74 Å². The molecule has 0 saturated heterocycles. The Morgan fingerprint density at radius 3 is 2.89 bits per heavy atom. The van der Waals surface area contributed by atoms with Crippen LogP contribution in [-0.4, -0.2) is 25.7 Å². The summed E-state index contributed by atoms with van der Waals surface area (Å²) in [4.78, 5) is 6.38. The minimum Gasteiger partial charge on any atom is -0.374 e. The molecule has 1 N–H and O–H groups in total. The van der Waals surface area contributed by atoms with E-state index in [4.69, 9.17) is 9.72 Å². The van der Waals surface area contributed by atoms with Crippen LogP contribution in [0, 0.1) is 5.92 Å². The molecule has 4 heteroatoms. The average Bonchev–Trinajstić information content (AvgIpc) is 2.74. The molecule has 0 amide bonds. The van der Waals surface area contributed by atoms with Crippen LogP contribution >= 0.6 is 11.3 Å². The highest BCUT2D eigenvalue weighted by Gasteiger charge is 2.27. The number of fused-ring (bicyclic) bond motifs is 1. The van der Waals surface area contributed by atoms with Crippen LogP contribution in [0.2, 0.25) is 0 Å². The van der Waals surface area contributed by atoms with Crippen LogP contribution in [-0.2, 0) is 11.2 Å². The van der Waals surface area contributed by atoms with Gasteiger partial charge in [0.2, 0.25) is 0 Å². The Balaban J connectivity index is 2.26. The summed E-state index contributed by atoms with van der Waals surface area (Å²) in [5.74, 6) is 1.07. The summed E-state index contributed by atoms with van der Waals surface area (Å²) >= 11 is 1.86. The number of nitrogens with one attached hydrogen (secondary N) is 1. The summed E-state index contributed by atoms with van der Waals surface area (Å²) in [6, 6.07) is 0. The number of aromatic nitrogens is 1. The first-order valence-electron chi connectivity index (χ1n) is 6.84. The Kier molecular flexibility index (Phi) is 4.76. The molecule has 1 aromatic heterocycles. The minimum atomic E-state index is 0.149. The number of thiazole rings is 1. The van der Waals surface area contributed by atoms with E-state index in [-0.39, 0.29) is 6.10 Å². The lowest BCUT2D eigenvalue weighted by molar-refractivity contribution is 0.0642. The van der Waals surface area contributed by atoms with E-state index in [9.17, 15) is 0 Å². The van der Waals surface area contributed by atoms with E-state index in [1.54, 1.807) is 7.11 Å². The van der Waals surface area contributed by atoms with Crippen molar-refractivity contribution in [2.24, 2.45) is 5.92 Å². The third-order valence-electron chi connectivity index (χ3n) is 3.64. The first-order valence-corrected chi connectivity index (χ1v) is 7.65. The molecule has 0 saturated carbocycles. The van der Waals surface area contributed by atoms with Crippen molar-refractivity contribution in [3.8, 4) is 0 Å². The van der Waals surface area contributed by atoms with Crippen LogP contribution in [0.3, 0.4) is 0 Å². The number of nitrogens with zero attached hydrogens (tertiary/aromatic N) is 1. The maximum atomic E-state index is 5.60. The fourth-order valence-corrected chi connectivity index (χ4v) is 4.20. The van der Waals surface area contributed by atoms with Gasteiger partial charge in [0.1, 0.15) is 11.1 Å². The molecule has 1 heterocycles. The zero-order chi connectivity index (χ0) is 13.1. The summed E-state index contributed by atoms with van der Waals surface area (Å²) in [5.41, 5.74) is 1.33. The molecule has 0 bridgehead atoms. The maximum Gasteiger partial charge on any atom is 0.122 e. The van der Waals surface area contributed by atoms with Gasteiger partial charge in [-0.1, -0.05) is 13.8 Å². The molecular weight excluding hydrogens is 244 g/mol. The van der Waals surface area contributed by atoms with E-state index in [1.807, 2.05) is 18.4 Å². The fraction of sp³-hybridized carbons (Fsp3) is 0.786. The molecule has 0 fully saturated rings. The zero-order valence-corrected chi connectivity index (χ0v) is 12.6. The van der Waals surface area contributed by atoms with Crippen molar-refractivity contribution in [1.29, 1.82) is 0 Å². The Morgan fingerprint density at radius 2 is 2.28 bits per heavy atom. The van der Waals surface area contributed by atoms with Gasteiger partial charge in [-0.2, -0.15) is 0 Å². The molecule has 0 aliphatic heterocycles. The lowest BCUT2D eigenvalue weighted by atomic mass is 9.91. The Hall–Kier alpha value is -0.450. The van der Waals surface area contributed by atoms with Gasteiger partial charge in [0.15, 0.2) is 0 Å². The van der Waals surface area contributed by atoms with Gasteiger partial charge in [0.05, 0.1) is 5.69 Å². The highest BCUT2D eigenvalue weighted by molar-refractivity contribution is 7.11.